The number of nitrogens with one attached hydrogen (secondary N) is 1. The molecule has 1 aromatic heterocycles. The standard InChI is InChI=1S/C15H17ClN2O2S/c1-15(2,20-13-5-3-4-11(16)8-13)14(19)17-7-6-12-9-21-10-18-12/h3-5,8-10H,6-7H2,1-2H3,(H,17,19). The number of carbonyl (C=O) groups excluding carboxylic acids is 1. The normalized spacial score (nSPS) is 11.2. The van der Waals surface area contributed by atoms with Gasteiger partial charge in [-0.25, -0.2) is 4.98 Å². The van der Waals surface area contributed by atoms with Crippen molar-refractivity contribution in [3.05, 3.63) is 45.9 Å². The fourth-order valence-electron chi connectivity index (χ4n) is 1.75. The van der Waals surface area contributed by atoms with Gasteiger partial charge in [-0.3, -0.25) is 4.79 Å². The molecule has 6 heteroatoms. The highest BCUT2D eigenvalue weighted by Gasteiger charge is 2.29. The SMILES string of the molecule is CC(C)(Oc1cccc(Cl)c1)C(=O)NCCc1cscn1. The zero-order valence-corrected chi connectivity index (χ0v) is 13.5. The summed E-state index contributed by atoms with van der Waals surface area (Å²) in [7, 11) is 0. The van der Waals surface area contributed by atoms with Crippen LogP contribution in [0.25, 0.3) is 0 Å². The van der Waals surface area contributed by atoms with Crippen LogP contribution in [0, 0.1) is 0 Å². The second kappa shape index (κ2) is 6.91. The topological polar surface area (TPSA) is 51.2 Å². The summed E-state index contributed by atoms with van der Waals surface area (Å²) in [4.78, 5) is 16.4. The summed E-state index contributed by atoms with van der Waals surface area (Å²) < 4.78 is 5.72. The number of hydrogen-bond acceptors (Lipinski definition) is 4. The van der Waals surface area contributed by atoms with Crippen LogP contribution in [0.4, 0.5) is 0 Å². The van der Waals surface area contributed by atoms with E-state index in [1.54, 1.807) is 55.0 Å². The van der Waals surface area contributed by atoms with Gasteiger partial charge in [0.1, 0.15) is 5.75 Å². The van der Waals surface area contributed by atoms with Crippen molar-refractivity contribution in [3.63, 3.8) is 0 Å². The highest BCUT2D eigenvalue weighted by atomic mass is 35.5. The summed E-state index contributed by atoms with van der Waals surface area (Å²) in [5, 5.41) is 5.41. The van der Waals surface area contributed by atoms with E-state index < -0.39 is 5.60 Å². The minimum atomic E-state index is -0.966. The summed E-state index contributed by atoms with van der Waals surface area (Å²) in [5.74, 6) is 0.403. The molecule has 0 aliphatic carbocycles. The van der Waals surface area contributed by atoms with Crippen LogP contribution in [0.1, 0.15) is 19.5 Å². The van der Waals surface area contributed by atoms with Crippen LogP contribution in [0.2, 0.25) is 5.02 Å². The van der Waals surface area contributed by atoms with Crippen LogP contribution >= 0.6 is 22.9 Å². The molecule has 0 radical (unpaired) electrons. The lowest BCUT2D eigenvalue weighted by Gasteiger charge is -2.25. The first-order valence-corrected chi connectivity index (χ1v) is 7.89. The van der Waals surface area contributed by atoms with E-state index in [-0.39, 0.29) is 5.91 Å². The van der Waals surface area contributed by atoms with Crippen molar-refractivity contribution in [2.45, 2.75) is 25.9 Å². The quantitative estimate of drug-likeness (QED) is 0.887. The molecule has 1 aromatic carbocycles. The van der Waals surface area contributed by atoms with Crippen LogP contribution in [-0.2, 0) is 11.2 Å². The number of nitrogens with zero attached hydrogens (tertiary/aromatic N) is 1. The Morgan fingerprint density at radius 3 is 2.95 bits per heavy atom. The van der Waals surface area contributed by atoms with Gasteiger partial charge in [-0.1, -0.05) is 17.7 Å². The molecule has 112 valence electrons. The molecular formula is C15H17ClN2O2S. The predicted octanol–water partition coefficient (Wildman–Crippen LogP) is 3.31. The van der Waals surface area contributed by atoms with E-state index in [2.05, 4.69) is 10.3 Å². The highest BCUT2D eigenvalue weighted by Crippen LogP contribution is 2.22. The lowest BCUT2D eigenvalue weighted by Crippen LogP contribution is -2.47. The molecule has 0 saturated carbocycles. The number of ether oxygens (including phenoxy) is 1. The van der Waals surface area contributed by atoms with Gasteiger partial charge >= 0.3 is 0 Å². The van der Waals surface area contributed by atoms with Gasteiger partial charge in [0, 0.05) is 23.4 Å². The molecule has 21 heavy (non-hydrogen) atoms. The lowest BCUT2D eigenvalue weighted by atomic mass is 10.1. The monoisotopic (exact) mass is 324 g/mol. The molecule has 0 atom stereocenters. The van der Waals surface area contributed by atoms with Crippen LogP contribution in [0.3, 0.4) is 0 Å². The van der Waals surface area contributed by atoms with Crippen molar-refractivity contribution in [1.82, 2.24) is 10.3 Å². The van der Waals surface area contributed by atoms with Gasteiger partial charge in [-0.05, 0) is 32.0 Å². The first-order valence-electron chi connectivity index (χ1n) is 6.57. The lowest BCUT2D eigenvalue weighted by molar-refractivity contribution is -0.134. The third-order valence-electron chi connectivity index (χ3n) is 2.87. The van der Waals surface area contributed by atoms with Gasteiger partial charge in [-0.15, -0.1) is 11.3 Å². The summed E-state index contributed by atoms with van der Waals surface area (Å²) in [6, 6.07) is 7.01. The molecule has 0 unspecified atom stereocenters. The minimum absolute atomic E-state index is 0.169. The van der Waals surface area contributed by atoms with Gasteiger partial charge in [0.15, 0.2) is 5.60 Å². The van der Waals surface area contributed by atoms with E-state index in [1.165, 1.54) is 0 Å². The van der Waals surface area contributed by atoms with E-state index in [9.17, 15) is 4.79 Å². The molecule has 0 saturated heterocycles. The molecule has 2 aromatic rings. The number of hydrogen-bond donors (Lipinski definition) is 1. The van der Waals surface area contributed by atoms with Gasteiger partial charge in [0.05, 0.1) is 11.2 Å². The second-order valence-corrected chi connectivity index (χ2v) is 6.21. The maximum absolute atomic E-state index is 12.2. The molecule has 0 aliphatic heterocycles. The number of halogens is 1. The van der Waals surface area contributed by atoms with Crippen LogP contribution in [0.5, 0.6) is 5.75 Å². The van der Waals surface area contributed by atoms with E-state index in [0.717, 1.165) is 5.69 Å². The van der Waals surface area contributed by atoms with Crippen LogP contribution in [0.15, 0.2) is 35.2 Å². The Labute approximate surface area is 133 Å². The third kappa shape index (κ3) is 4.72. The number of carbonyl (C=O) groups is 1. The molecular weight excluding hydrogens is 308 g/mol. The summed E-state index contributed by atoms with van der Waals surface area (Å²) in [6.45, 7) is 3.99. The number of aromatic nitrogens is 1. The maximum atomic E-state index is 12.2. The number of thiazole rings is 1. The van der Waals surface area contributed by atoms with Crippen LogP contribution < -0.4 is 10.1 Å². The van der Waals surface area contributed by atoms with E-state index in [1.807, 2.05) is 5.38 Å². The Balaban J connectivity index is 1.87. The molecule has 4 nitrogen and oxygen atoms in total. The zero-order valence-electron chi connectivity index (χ0n) is 11.9. The molecule has 1 heterocycles. The van der Waals surface area contributed by atoms with E-state index >= 15 is 0 Å². The molecule has 0 aliphatic rings. The maximum Gasteiger partial charge on any atom is 0.263 e. The highest BCUT2D eigenvalue weighted by molar-refractivity contribution is 7.07. The summed E-state index contributed by atoms with van der Waals surface area (Å²) >= 11 is 7.45. The predicted molar refractivity (Wildman–Crippen MR) is 85.0 cm³/mol. The number of rotatable bonds is 6. The fraction of sp³-hybridized carbons (Fsp3) is 0.333. The third-order valence-corrected chi connectivity index (χ3v) is 3.74. The van der Waals surface area contributed by atoms with Crippen molar-refractivity contribution in [2.75, 3.05) is 6.54 Å². The number of benzene rings is 1. The van der Waals surface area contributed by atoms with Crippen molar-refractivity contribution in [3.8, 4) is 5.75 Å². The van der Waals surface area contributed by atoms with E-state index in [4.69, 9.17) is 16.3 Å². The Kier molecular flexibility index (Phi) is 5.20. The fourth-order valence-corrected chi connectivity index (χ4v) is 2.52. The summed E-state index contributed by atoms with van der Waals surface area (Å²) in [6.07, 6.45) is 0.711. The van der Waals surface area contributed by atoms with Crippen molar-refractivity contribution in [1.29, 1.82) is 0 Å². The van der Waals surface area contributed by atoms with Gasteiger partial charge in [-0.2, -0.15) is 0 Å². The van der Waals surface area contributed by atoms with Crippen LogP contribution in [-0.4, -0.2) is 23.0 Å². The Morgan fingerprint density at radius 1 is 1.48 bits per heavy atom. The van der Waals surface area contributed by atoms with Crippen molar-refractivity contribution < 1.29 is 9.53 Å². The molecule has 2 rings (SSSR count). The molecule has 1 N–H and O–H groups in total. The molecule has 1 amide bonds. The first-order chi connectivity index (χ1) is 9.97. The van der Waals surface area contributed by atoms with E-state index in [0.29, 0.717) is 23.7 Å². The zero-order chi connectivity index (χ0) is 15.3. The van der Waals surface area contributed by atoms with Gasteiger partial charge < -0.3 is 10.1 Å². The average molecular weight is 325 g/mol. The average Bonchev–Trinajstić information content (AvgIpc) is 2.91. The molecule has 0 bridgehead atoms. The second-order valence-electron chi connectivity index (χ2n) is 5.06. The number of amides is 1. The molecule has 0 spiro atoms. The Morgan fingerprint density at radius 2 is 2.29 bits per heavy atom. The minimum Gasteiger partial charge on any atom is -0.478 e. The van der Waals surface area contributed by atoms with Crippen molar-refractivity contribution in [2.24, 2.45) is 0 Å². The largest absolute Gasteiger partial charge is 0.478 e. The smallest absolute Gasteiger partial charge is 0.263 e. The molecule has 0 fully saturated rings. The van der Waals surface area contributed by atoms with Gasteiger partial charge in [0.2, 0.25) is 0 Å². The Hall–Kier alpha value is -1.59. The first kappa shape index (κ1) is 15.8. The van der Waals surface area contributed by atoms with Gasteiger partial charge in [0.25, 0.3) is 5.91 Å². The summed E-state index contributed by atoms with van der Waals surface area (Å²) in [5.41, 5.74) is 1.80. The van der Waals surface area contributed by atoms with Crippen molar-refractivity contribution >= 4 is 28.8 Å². The Bertz CT molecular complexity index is 599.